The van der Waals surface area contributed by atoms with E-state index in [2.05, 4.69) is 15.4 Å². The van der Waals surface area contributed by atoms with Gasteiger partial charge in [0, 0.05) is 16.8 Å². The Morgan fingerprint density at radius 2 is 1.93 bits per heavy atom. The van der Waals surface area contributed by atoms with Gasteiger partial charge in [0.2, 0.25) is 0 Å². The molecule has 28 heavy (non-hydrogen) atoms. The van der Waals surface area contributed by atoms with Crippen molar-refractivity contribution in [1.82, 2.24) is 14.6 Å². The molecule has 0 saturated carbocycles. The lowest BCUT2D eigenvalue weighted by Crippen LogP contribution is -2.31. The van der Waals surface area contributed by atoms with Gasteiger partial charge in [0.25, 0.3) is 5.56 Å². The van der Waals surface area contributed by atoms with Crippen molar-refractivity contribution in [3.63, 3.8) is 0 Å². The first-order chi connectivity index (χ1) is 13.5. The number of hydrogen-bond donors (Lipinski definition) is 2. The van der Waals surface area contributed by atoms with Crippen molar-refractivity contribution < 1.29 is 5.11 Å². The van der Waals surface area contributed by atoms with Crippen molar-refractivity contribution >= 4 is 22.5 Å². The number of phenolic OH excluding ortho intramolecular Hbond substituents is 1. The van der Waals surface area contributed by atoms with Crippen LogP contribution in [0.4, 0.5) is 0 Å². The summed E-state index contributed by atoms with van der Waals surface area (Å²) in [4.78, 5) is 21.8. The first-order valence-electron chi connectivity index (χ1n) is 8.68. The van der Waals surface area contributed by atoms with E-state index in [-0.39, 0.29) is 11.3 Å². The number of aromatic hydroxyl groups is 1. The zero-order valence-corrected chi connectivity index (χ0v) is 15.8. The Kier molecular flexibility index (Phi) is 4.71. The van der Waals surface area contributed by atoms with E-state index in [1.54, 1.807) is 55.7 Å². The number of phenols is 1. The average molecular weight is 393 g/mol. The maximum absolute atomic E-state index is 13.1. The largest absolute Gasteiger partial charge is 0.508 e. The number of hydrogen-bond acceptors (Lipinski definition) is 5. The van der Waals surface area contributed by atoms with Gasteiger partial charge in [0.05, 0.1) is 23.6 Å². The van der Waals surface area contributed by atoms with Crippen molar-refractivity contribution in [2.45, 2.75) is 13.5 Å². The summed E-state index contributed by atoms with van der Waals surface area (Å²) in [5, 5.41) is 11.0. The van der Waals surface area contributed by atoms with Crippen molar-refractivity contribution in [1.29, 1.82) is 0 Å². The summed E-state index contributed by atoms with van der Waals surface area (Å²) >= 11 is 5.94. The fourth-order valence-corrected chi connectivity index (χ4v) is 3.07. The van der Waals surface area contributed by atoms with Crippen molar-refractivity contribution in [3.8, 4) is 17.1 Å². The molecule has 0 fully saturated rings. The van der Waals surface area contributed by atoms with Crippen molar-refractivity contribution in [3.05, 3.63) is 87.4 Å². The van der Waals surface area contributed by atoms with E-state index in [1.165, 1.54) is 4.68 Å². The molecule has 2 heterocycles. The van der Waals surface area contributed by atoms with Crippen LogP contribution in [0.15, 0.2) is 65.7 Å². The lowest BCUT2D eigenvalue weighted by Gasteiger charge is -2.16. The van der Waals surface area contributed by atoms with E-state index in [0.29, 0.717) is 39.4 Å². The zero-order chi connectivity index (χ0) is 19.7. The third kappa shape index (κ3) is 3.42. The fourth-order valence-electron chi connectivity index (χ4n) is 2.94. The number of benzene rings is 2. The van der Waals surface area contributed by atoms with Gasteiger partial charge in [-0.1, -0.05) is 23.7 Å². The number of nitrogens with one attached hydrogen (secondary N) is 1. The maximum atomic E-state index is 13.1. The molecule has 0 bridgehead atoms. The first-order valence-corrected chi connectivity index (χ1v) is 9.06. The molecule has 7 heteroatoms. The van der Waals surface area contributed by atoms with Crippen LogP contribution in [-0.4, -0.2) is 19.8 Å². The monoisotopic (exact) mass is 392 g/mol. The first kappa shape index (κ1) is 18.0. The van der Waals surface area contributed by atoms with Gasteiger partial charge >= 0.3 is 0 Å². The molecule has 0 aliphatic heterocycles. The van der Waals surface area contributed by atoms with E-state index in [9.17, 15) is 9.90 Å². The van der Waals surface area contributed by atoms with Crippen molar-refractivity contribution in [2.24, 2.45) is 0 Å². The molecule has 0 spiro atoms. The Morgan fingerprint density at radius 1 is 1.14 bits per heavy atom. The molecular weight excluding hydrogens is 376 g/mol. The number of fused-ring (bicyclic) bond motifs is 1. The summed E-state index contributed by atoms with van der Waals surface area (Å²) in [6, 6.07) is 14.1. The number of aromatic nitrogens is 3. The van der Waals surface area contributed by atoms with Gasteiger partial charge in [-0.3, -0.25) is 9.78 Å². The highest BCUT2D eigenvalue weighted by Gasteiger charge is 2.14. The molecule has 0 radical (unpaired) electrons. The third-order valence-electron chi connectivity index (χ3n) is 4.48. The molecule has 2 N–H and O–H groups in total. The summed E-state index contributed by atoms with van der Waals surface area (Å²) in [6.07, 6.45) is 3.14. The Bertz CT molecular complexity index is 1220. The summed E-state index contributed by atoms with van der Waals surface area (Å²) < 4.78 is 1.43. The van der Waals surface area contributed by atoms with Gasteiger partial charge in [0.1, 0.15) is 5.75 Å². The van der Waals surface area contributed by atoms with Gasteiger partial charge in [-0.05, 0) is 54.4 Å². The minimum Gasteiger partial charge on any atom is -0.508 e. The van der Waals surface area contributed by atoms with Crippen LogP contribution in [0.3, 0.4) is 0 Å². The van der Waals surface area contributed by atoms with Crippen LogP contribution in [-0.2, 0) is 6.54 Å². The van der Waals surface area contributed by atoms with E-state index < -0.39 is 0 Å². The van der Waals surface area contributed by atoms with Gasteiger partial charge in [-0.2, -0.15) is 0 Å². The highest BCUT2D eigenvalue weighted by molar-refractivity contribution is 6.30. The van der Waals surface area contributed by atoms with Crippen LogP contribution < -0.4 is 11.0 Å². The van der Waals surface area contributed by atoms with E-state index >= 15 is 0 Å². The minimum absolute atomic E-state index is 0.189. The van der Waals surface area contributed by atoms with Gasteiger partial charge in [0.15, 0.2) is 5.82 Å². The molecule has 4 aromatic rings. The standard InChI is InChI=1S/C21H17ClN4O2/c1-13-10-15(4-7-19(13)27)20-25-18-12-23-9-8-17(18)21(28)26(20)24-11-14-2-5-16(22)6-3-14/h2-10,12,24,27H,11H2,1H3. The Morgan fingerprint density at radius 3 is 2.68 bits per heavy atom. The Hall–Kier alpha value is -3.38. The Balaban J connectivity index is 1.84. The third-order valence-corrected chi connectivity index (χ3v) is 4.73. The maximum Gasteiger partial charge on any atom is 0.280 e. The second-order valence-electron chi connectivity index (χ2n) is 6.43. The quantitative estimate of drug-likeness (QED) is 0.551. The second kappa shape index (κ2) is 7.32. The van der Waals surface area contributed by atoms with Crippen LogP contribution in [0.2, 0.25) is 5.02 Å². The topological polar surface area (TPSA) is 80.0 Å². The van der Waals surface area contributed by atoms with Crippen LogP contribution in [0.1, 0.15) is 11.1 Å². The summed E-state index contributed by atoms with van der Waals surface area (Å²) in [5.74, 6) is 0.636. The minimum atomic E-state index is -0.220. The van der Waals surface area contributed by atoms with Crippen LogP contribution in [0, 0.1) is 6.92 Å². The summed E-state index contributed by atoms with van der Waals surface area (Å²) in [6.45, 7) is 2.21. The molecule has 6 nitrogen and oxygen atoms in total. The van der Waals surface area contributed by atoms with E-state index in [1.807, 2.05) is 12.1 Å². The van der Waals surface area contributed by atoms with E-state index in [0.717, 1.165) is 5.56 Å². The number of halogens is 1. The molecule has 2 aromatic heterocycles. The molecule has 0 saturated heterocycles. The Labute approximate surface area is 166 Å². The van der Waals surface area contributed by atoms with Crippen LogP contribution in [0.25, 0.3) is 22.3 Å². The smallest absolute Gasteiger partial charge is 0.280 e. The molecular formula is C21H17ClN4O2. The lowest BCUT2D eigenvalue weighted by atomic mass is 10.1. The van der Waals surface area contributed by atoms with Crippen LogP contribution in [0.5, 0.6) is 5.75 Å². The predicted molar refractivity (Wildman–Crippen MR) is 110 cm³/mol. The lowest BCUT2D eigenvalue weighted by molar-refractivity contribution is 0.471. The SMILES string of the molecule is Cc1cc(-c2nc3cnccc3c(=O)n2NCc2ccc(Cl)cc2)ccc1O. The van der Waals surface area contributed by atoms with Gasteiger partial charge < -0.3 is 10.5 Å². The van der Waals surface area contributed by atoms with Gasteiger partial charge in [-0.15, -0.1) is 0 Å². The second-order valence-corrected chi connectivity index (χ2v) is 6.87. The zero-order valence-electron chi connectivity index (χ0n) is 15.1. The molecule has 0 aliphatic carbocycles. The normalized spacial score (nSPS) is 10.9. The molecule has 0 atom stereocenters. The van der Waals surface area contributed by atoms with Gasteiger partial charge in [-0.25, -0.2) is 9.66 Å². The molecule has 0 amide bonds. The number of nitrogens with zero attached hydrogens (tertiary/aromatic N) is 3. The number of rotatable bonds is 4. The number of pyridine rings is 1. The number of aryl methyl sites for hydroxylation is 1. The summed E-state index contributed by atoms with van der Waals surface area (Å²) in [5.41, 5.74) is 5.83. The van der Waals surface area contributed by atoms with Crippen LogP contribution >= 0.6 is 11.6 Å². The molecule has 140 valence electrons. The predicted octanol–water partition coefficient (Wildman–Crippen LogP) is 3.87. The summed E-state index contributed by atoms with van der Waals surface area (Å²) in [7, 11) is 0. The highest BCUT2D eigenvalue weighted by atomic mass is 35.5. The molecule has 4 rings (SSSR count). The molecule has 2 aromatic carbocycles. The average Bonchev–Trinajstić information content (AvgIpc) is 2.70. The highest BCUT2D eigenvalue weighted by Crippen LogP contribution is 2.24. The fraction of sp³-hybridized carbons (Fsp3) is 0.0952. The van der Waals surface area contributed by atoms with E-state index in [4.69, 9.17) is 11.6 Å². The van der Waals surface area contributed by atoms with Crippen molar-refractivity contribution in [2.75, 3.05) is 5.43 Å². The molecule has 0 unspecified atom stereocenters. The molecule has 0 aliphatic rings.